The number of nitrogens with zero attached hydrogens (tertiary/aromatic N) is 3. The first-order valence-corrected chi connectivity index (χ1v) is 9.94. The molecule has 162 valence electrons. The Morgan fingerprint density at radius 3 is 2.42 bits per heavy atom. The van der Waals surface area contributed by atoms with E-state index in [0.29, 0.717) is 12.1 Å². The molecule has 1 aliphatic carbocycles. The van der Waals surface area contributed by atoms with Gasteiger partial charge in [-0.2, -0.15) is 18.3 Å². The summed E-state index contributed by atoms with van der Waals surface area (Å²) >= 11 is 0. The number of alkyl halides is 3. The van der Waals surface area contributed by atoms with E-state index in [2.05, 4.69) is 15.4 Å². The molecule has 1 N–H and O–H groups in total. The predicted octanol–water partition coefficient (Wildman–Crippen LogP) is 5.74. The number of hydrogen-bond acceptors (Lipinski definition) is 3. The van der Waals surface area contributed by atoms with Gasteiger partial charge in [0.25, 0.3) is 0 Å². The van der Waals surface area contributed by atoms with Gasteiger partial charge in [0.05, 0.1) is 12.0 Å². The largest absolute Gasteiger partial charge is 0.398 e. The van der Waals surface area contributed by atoms with E-state index in [0.717, 1.165) is 17.1 Å². The zero-order valence-corrected chi connectivity index (χ0v) is 17.2. The Hall–Kier alpha value is -3.16. The maximum atomic E-state index is 14.8. The third-order valence-electron chi connectivity index (χ3n) is 5.69. The molecule has 3 aromatic rings. The minimum absolute atomic E-state index is 0.101. The van der Waals surface area contributed by atoms with Crippen molar-refractivity contribution in [1.29, 1.82) is 0 Å². The minimum Gasteiger partial charge on any atom is -0.373 e. The van der Waals surface area contributed by atoms with Crippen molar-refractivity contribution in [3.63, 3.8) is 0 Å². The van der Waals surface area contributed by atoms with Crippen LogP contribution in [0.5, 0.6) is 0 Å². The third-order valence-corrected chi connectivity index (χ3v) is 5.69. The maximum Gasteiger partial charge on any atom is 0.398 e. The molecule has 8 heteroatoms. The lowest BCUT2D eigenvalue weighted by Gasteiger charge is -2.19. The molecule has 4 rings (SSSR count). The number of rotatable bonds is 6. The third kappa shape index (κ3) is 4.19. The minimum atomic E-state index is -4.26. The van der Waals surface area contributed by atoms with Crippen molar-refractivity contribution >= 4 is 17.7 Å². The SMILES string of the molecule is CNc1ccc(Cn2nc(C(F)=Cc3ccc(C4(C(F)(F)F)CC4)cc3)cc2C)cn1. The van der Waals surface area contributed by atoms with Crippen molar-refractivity contribution in [2.45, 2.75) is 37.9 Å². The predicted molar refractivity (Wildman–Crippen MR) is 112 cm³/mol. The molecule has 1 fully saturated rings. The number of hydrogen-bond donors (Lipinski definition) is 1. The Balaban J connectivity index is 1.50. The monoisotopic (exact) mass is 430 g/mol. The van der Waals surface area contributed by atoms with Crippen LogP contribution in [0.2, 0.25) is 0 Å². The van der Waals surface area contributed by atoms with Gasteiger partial charge in [0.2, 0.25) is 0 Å². The second kappa shape index (κ2) is 7.83. The van der Waals surface area contributed by atoms with Crippen LogP contribution in [0.4, 0.5) is 23.4 Å². The van der Waals surface area contributed by atoms with E-state index in [4.69, 9.17) is 0 Å². The first kappa shape index (κ1) is 21.1. The fraction of sp³-hybridized carbons (Fsp3) is 0.304. The van der Waals surface area contributed by atoms with Crippen LogP contribution >= 0.6 is 0 Å². The lowest BCUT2D eigenvalue weighted by molar-refractivity contribution is -0.160. The summed E-state index contributed by atoms with van der Waals surface area (Å²) in [6.45, 7) is 2.28. The number of aryl methyl sites for hydroxylation is 1. The first-order chi connectivity index (χ1) is 14.7. The maximum absolute atomic E-state index is 14.8. The normalized spacial score (nSPS) is 15.7. The van der Waals surface area contributed by atoms with Crippen LogP contribution < -0.4 is 5.32 Å². The average Bonchev–Trinajstić information content (AvgIpc) is 3.49. The van der Waals surface area contributed by atoms with E-state index in [1.807, 2.05) is 19.1 Å². The summed E-state index contributed by atoms with van der Waals surface area (Å²) in [7, 11) is 1.79. The Bertz CT molecular complexity index is 1090. The number of halogens is 4. The summed E-state index contributed by atoms with van der Waals surface area (Å²) in [6, 6.07) is 11.3. The second-order valence-electron chi connectivity index (χ2n) is 7.82. The molecule has 0 unspecified atom stereocenters. The topological polar surface area (TPSA) is 42.7 Å². The van der Waals surface area contributed by atoms with Crippen LogP contribution in [0, 0.1) is 6.92 Å². The van der Waals surface area contributed by atoms with Crippen LogP contribution in [-0.2, 0) is 12.0 Å². The van der Waals surface area contributed by atoms with Crippen LogP contribution in [-0.4, -0.2) is 28.0 Å². The highest BCUT2D eigenvalue weighted by atomic mass is 19.4. The molecule has 0 aliphatic heterocycles. The molecule has 0 spiro atoms. The first-order valence-electron chi connectivity index (χ1n) is 9.94. The molecule has 1 saturated carbocycles. The van der Waals surface area contributed by atoms with Gasteiger partial charge in [-0.25, -0.2) is 9.37 Å². The number of nitrogens with one attached hydrogen (secondary N) is 1. The van der Waals surface area contributed by atoms with Gasteiger partial charge in [-0.1, -0.05) is 30.3 Å². The smallest absolute Gasteiger partial charge is 0.373 e. The van der Waals surface area contributed by atoms with Crippen molar-refractivity contribution in [3.05, 3.63) is 76.7 Å². The summed E-state index contributed by atoms with van der Waals surface area (Å²) < 4.78 is 56.2. The molecule has 0 atom stereocenters. The van der Waals surface area contributed by atoms with Gasteiger partial charge in [0.15, 0.2) is 5.83 Å². The molecule has 4 nitrogen and oxygen atoms in total. The van der Waals surface area contributed by atoms with Crippen LogP contribution in [0.15, 0.2) is 48.7 Å². The number of anilines is 1. The molecule has 1 aliphatic rings. The average molecular weight is 430 g/mol. The fourth-order valence-electron chi connectivity index (χ4n) is 3.61. The lowest BCUT2D eigenvalue weighted by Crippen LogP contribution is -2.28. The van der Waals surface area contributed by atoms with E-state index in [1.165, 1.54) is 30.3 Å². The zero-order chi connectivity index (χ0) is 22.2. The number of benzene rings is 1. The van der Waals surface area contributed by atoms with Crippen molar-refractivity contribution < 1.29 is 17.6 Å². The standard InChI is InChI=1S/C23H22F4N4/c1-15-11-20(30-31(15)14-17-5-8-21(28-2)29-13-17)19(24)12-16-3-6-18(7-4-16)22(9-10-22)23(25,26)27/h3-8,11-13H,9-10,14H2,1-2H3,(H,28,29). The van der Waals surface area contributed by atoms with Crippen LogP contribution in [0.1, 0.15) is 40.9 Å². The van der Waals surface area contributed by atoms with E-state index < -0.39 is 17.4 Å². The zero-order valence-electron chi connectivity index (χ0n) is 17.2. The molecule has 0 radical (unpaired) electrons. The van der Waals surface area contributed by atoms with E-state index >= 15 is 0 Å². The van der Waals surface area contributed by atoms with Gasteiger partial charge in [-0.3, -0.25) is 4.68 Å². The molecule has 1 aromatic carbocycles. The van der Waals surface area contributed by atoms with E-state index in [1.54, 1.807) is 24.0 Å². The summed E-state index contributed by atoms with van der Waals surface area (Å²) in [5, 5.41) is 7.27. The van der Waals surface area contributed by atoms with Gasteiger partial charge >= 0.3 is 6.18 Å². The summed E-state index contributed by atoms with van der Waals surface area (Å²) in [4.78, 5) is 4.26. The molecule has 31 heavy (non-hydrogen) atoms. The fourth-order valence-corrected chi connectivity index (χ4v) is 3.61. The van der Waals surface area contributed by atoms with Crippen LogP contribution in [0.3, 0.4) is 0 Å². The van der Waals surface area contributed by atoms with Crippen molar-refractivity contribution in [2.75, 3.05) is 12.4 Å². The molecule has 2 aromatic heterocycles. The van der Waals surface area contributed by atoms with Gasteiger partial charge in [0.1, 0.15) is 11.5 Å². The molecule has 2 heterocycles. The molecule has 0 bridgehead atoms. The summed E-state index contributed by atoms with van der Waals surface area (Å²) in [5.74, 6) is 0.208. The lowest BCUT2D eigenvalue weighted by atomic mass is 9.94. The highest BCUT2D eigenvalue weighted by Gasteiger charge is 2.64. The quantitative estimate of drug-likeness (QED) is 0.508. The van der Waals surface area contributed by atoms with E-state index in [9.17, 15) is 17.6 Å². The number of aromatic nitrogens is 3. The summed E-state index contributed by atoms with van der Waals surface area (Å²) in [5.41, 5.74) is 0.872. The Labute approximate surface area is 177 Å². The summed E-state index contributed by atoms with van der Waals surface area (Å²) in [6.07, 6.45) is -1.04. The van der Waals surface area contributed by atoms with Crippen molar-refractivity contribution in [2.24, 2.45) is 0 Å². The van der Waals surface area contributed by atoms with Gasteiger partial charge < -0.3 is 5.32 Å². The van der Waals surface area contributed by atoms with Crippen molar-refractivity contribution in [1.82, 2.24) is 14.8 Å². The van der Waals surface area contributed by atoms with E-state index in [-0.39, 0.29) is 24.1 Å². The Kier molecular flexibility index (Phi) is 5.33. The van der Waals surface area contributed by atoms with Gasteiger partial charge in [-0.05, 0) is 54.7 Å². The second-order valence-corrected chi connectivity index (χ2v) is 7.82. The van der Waals surface area contributed by atoms with Gasteiger partial charge in [-0.15, -0.1) is 0 Å². The molecule has 0 amide bonds. The Morgan fingerprint density at radius 1 is 1.16 bits per heavy atom. The molecular formula is C23H22F4N4. The Morgan fingerprint density at radius 2 is 1.87 bits per heavy atom. The highest BCUT2D eigenvalue weighted by molar-refractivity contribution is 5.75. The highest BCUT2D eigenvalue weighted by Crippen LogP contribution is 2.58. The molecule has 0 saturated heterocycles. The van der Waals surface area contributed by atoms with Gasteiger partial charge in [0, 0.05) is 18.9 Å². The van der Waals surface area contributed by atoms with Crippen LogP contribution in [0.25, 0.3) is 11.9 Å². The molecular weight excluding hydrogens is 408 g/mol. The van der Waals surface area contributed by atoms with Crippen molar-refractivity contribution in [3.8, 4) is 0 Å². The number of pyridine rings is 1.